The molecule has 6 aromatic carbocycles. The average molecular weight is 641 g/mol. The largest absolute Gasteiger partial charge is 0.497 e. The molecule has 0 saturated heterocycles. The zero-order valence-electron chi connectivity index (χ0n) is 26.6. The summed E-state index contributed by atoms with van der Waals surface area (Å²) in [6.07, 6.45) is -0.301. The third-order valence-electron chi connectivity index (χ3n) is 9.65. The molecule has 1 unspecified atom stereocenters. The molecular weight excluding hydrogens is 609 g/mol. The van der Waals surface area contributed by atoms with Gasteiger partial charge < -0.3 is 14.2 Å². The predicted octanol–water partition coefficient (Wildman–Crippen LogP) is 11.3. The Morgan fingerprint density at radius 1 is 0.667 bits per heavy atom. The molecular formula is C42H31F3O3. The second-order valence-corrected chi connectivity index (χ2v) is 12.8. The molecule has 1 heterocycles. The van der Waals surface area contributed by atoms with Gasteiger partial charge in [0.2, 0.25) is 0 Å². The quantitative estimate of drug-likeness (QED) is 0.188. The van der Waals surface area contributed by atoms with Crippen LogP contribution in [0.5, 0.6) is 23.0 Å². The number of hydrogen-bond donors (Lipinski definition) is 0. The summed E-state index contributed by atoms with van der Waals surface area (Å²) in [5.74, 6) is 2.84. The Kier molecular flexibility index (Phi) is 6.71. The molecule has 238 valence electrons. The van der Waals surface area contributed by atoms with Crippen molar-refractivity contribution in [3.8, 4) is 34.1 Å². The molecule has 0 radical (unpaired) electrons. The van der Waals surface area contributed by atoms with Crippen LogP contribution in [0.2, 0.25) is 0 Å². The van der Waals surface area contributed by atoms with Crippen LogP contribution in [0.15, 0.2) is 127 Å². The number of para-hydroxylation sites is 1. The van der Waals surface area contributed by atoms with Gasteiger partial charge in [-0.05, 0) is 82.2 Å². The summed E-state index contributed by atoms with van der Waals surface area (Å²) in [5, 5.41) is 1.82. The third-order valence-corrected chi connectivity index (χ3v) is 9.65. The van der Waals surface area contributed by atoms with Crippen LogP contribution >= 0.6 is 0 Å². The molecule has 3 nitrogen and oxygen atoms in total. The zero-order valence-corrected chi connectivity index (χ0v) is 26.6. The number of alkyl halides is 3. The fourth-order valence-electron chi connectivity index (χ4n) is 7.32. The van der Waals surface area contributed by atoms with Gasteiger partial charge in [0, 0.05) is 27.5 Å². The molecule has 1 aliphatic carbocycles. The topological polar surface area (TPSA) is 27.7 Å². The van der Waals surface area contributed by atoms with Crippen molar-refractivity contribution < 1.29 is 27.4 Å². The minimum Gasteiger partial charge on any atom is -0.497 e. The van der Waals surface area contributed by atoms with Gasteiger partial charge in [-0.15, -0.1) is 0 Å². The third kappa shape index (κ3) is 4.58. The summed E-state index contributed by atoms with van der Waals surface area (Å²) in [6, 6.07) is 37.4. The van der Waals surface area contributed by atoms with Crippen molar-refractivity contribution in [2.75, 3.05) is 7.11 Å². The first-order chi connectivity index (χ1) is 23.1. The van der Waals surface area contributed by atoms with E-state index in [0.717, 1.165) is 55.7 Å². The molecule has 0 amide bonds. The van der Waals surface area contributed by atoms with Crippen molar-refractivity contribution >= 4 is 16.8 Å². The van der Waals surface area contributed by atoms with Gasteiger partial charge in [-0.3, -0.25) is 0 Å². The van der Waals surface area contributed by atoms with E-state index in [9.17, 15) is 13.2 Å². The van der Waals surface area contributed by atoms with Gasteiger partial charge in [-0.2, -0.15) is 13.2 Å². The van der Waals surface area contributed by atoms with Crippen molar-refractivity contribution in [3.63, 3.8) is 0 Å². The van der Waals surface area contributed by atoms with Gasteiger partial charge in [-0.1, -0.05) is 92.7 Å². The lowest BCUT2D eigenvalue weighted by Gasteiger charge is -2.38. The molecule has 48 heavy (non-hydrogen) atoms. The van der Waals surface area contributed by atoms with Gasteiger partial charge in [0.25, 0.3) is 0 Å². The van der Waals surface area contributed by atoms with Crippen LogP contribution in [0.3, 0.4) is 0 Å². The summed E-state index contributed by atoms with van der Waals surface area (Å²) in [7, 11) is 1.63. The number of rotatable bonds is 5. The molecule has 6 heteroatoms. The molecule has 2 aliphatic rings. The molecule has 0 spiro atoms. The highest BCUT2D eigenvalue weighted by molar-refractivity contribution is 6.08. The molecule has 6 aromatic rings. The fourth-order valence-corrected chi connectivity index (χ4v) is 7.32. The van der Waals surface area contributed by atoms with E-state index in [2.05, 4.69) is 12.2 Å². The van der Waals surface area contributed by atoms with Crippen LogP contribution in [0.1, 0.15) is 47.2 Å². The van der Waals surface area contributed by atoms with Crippen LogP contribution in [0, 0.1) is 0 Å². The summed E-state index contributed by atoms with van der Waals surface area (Å²) >= 11 is 0. The Bertz CT molecular complexity index is 2220. The van der Waals surface area contributed by atoms with E-state index in [-0.39, 0.29) is 0 Å². The van der Waals surface area contributed by atoms with Crippen LogP contribution in [0.4, 0.5) is 13.2 Å². The van der Waals surface area contributed by atoms with E-state index in [1.54, 1.807) is 13.2 Å². The average Bonchev–Trinajstić information content (AvgIpc) is 3.35. The molecule has 1 atom stereocenters. The van der Waals surface area contributed by atoms with Crippen molar-refractivity contribution in [3.05, 3.63) is 161 Å². The van der Waals surface area contributed by atoms with Crippen LogP contribution < -0.4 is 14.2 Å². The van der Waals surface area contributed by atoms with E-state index in [0.29, 0.717) is 17.1 Å². The van der Waals surface area contributed by atoms with E-state index in [1.807, 2.05) is 117 Å². The second kappa shape index (κ2) is 10.8. The minimum absolute atomic E-state index is 0.648. The van der Waals surface area contributed by atoms with Gasteiger partial charge in [0.15, 0.2) is 5.60 Å². The molecule has 0 N–H and O–H groups in total. The van der Waals surface area contributed by atoms with Gasteiger partial charge in [0.1, 0.15) is 23.0 Å². The minimum atomic E-state index is -4.44. The molecule has 1 aliphatic heterocycles. The number of methoxy groups -OCH3 is 1. The van der Waals surface area contributed by atoms with Crippen LogP contribution in [-0.4, -0.2) is 7.11 Å². The predicted molar refractivity (Wildman–Crippen MR) is 183 cm³/mol. The maximum atomic E-state index is 13.9. The Morgan fingerprint density at radius 2 is 1.27 bits per heavy atom. The van der Waals surface area contributed by atoms with Crippen molar-refractivity contribution in [2.45, 2.75) is 31.0 Å². The summed E-state index contributed by atoms with van der Waals surface area (Å²) in [5.41, 5.74) is 3.63. The lowest BCUT2D eigenvalue weighted by Crippen LogP contribution is -2.35. The van der Waals surface area contributed by atoms with Crippen LogP contribution in [0.25, 0.3) is 28.0 Å². The number of halogens is 3. The van der Waals surface area contributed by atoms with Gasteiger partial charge in [0.05, 0.1) is 12.7 Å². The lowest BCUT2D eigenvalue weighted by atomic mass is 9.76. The van der Waals surface area contributed by atoms with Crippen molar-refractivity contribution in [1.29, 1.82) is 0 Å². The molecule has 0 bridgehead atoms. The Labute approximate surface area is 276 Å². The molecule has 8 rings (SSSR count). The standard InChI is InChI=1S/C42H31F3O3/c1-40(2)36-25-28(42(43,44)45)17-22-34(36)37-32-11-7-8-12-33(32)39-35(38(37)40)23-24-41(48-39,26-13-18-29(46-3)19-14-26)27-15-20-31(21-16-27)47-30-9-5-4-6-10-30/h4-25H,1-3H3. The Balaban J connectivity index is 1.32. The number of benzene rings is 6. The molecule has 0 aromatic heterocycles. The second-order valence-electron chi connectivity index (χ2n) is 12.8. The lowest BCUT2D eigenvalue weighted by molar-refractivity contribution is -0.137. The summed E-state index contributed by atoms with van der Waals surface area (Å²) in [6.45, 7) is 4.00. The maximum Gasteiger partial charge on any atom is 0.416 e. The van der Waals surface area contributed by atoms with E-state index in [4.69, 9.17) is 14.2 Å². The SMILES string of the molecule is COc1ccc(C2(c3ccc(Oc4ccccc4)cc3)C=Cc3c4c(c5ccccc5c3O2)-c2ccc(C(F)(F)F)cc2C4(C)C)cc1. The first-order valence-corrected chi connectivity index (χ1v) is 15.8. The number of ether oxygens (including phenoxy) is 3. The van der Waals surface area contributed by atoms with Crippen molar-refractivity contribution in [1.82, 2.24) is 0 Å². The number of fused-ring (bicyclic) bond motifs is 8. The van der Waals surface area contributed by atoms with Gasteiger partial charge >= 0.3 is 6.18 Å². The van der Waals surface area contributed by atoms with Crippen molar-refractivity contribution in [2.24, 2.45) is 0 Å². The molecule has 0 saturated carbocycles. The first-order valence-electron chi connectivity index (χ1n) is 15.8. The zero-order chi connectivity index (χ0) is 33.3. The summed E-state index contributed by atoms with van der Waals surface area (Å²) < 4.78 is 60.6. The highest BCUT2D eigenvalue weighted by Crippen LogP contribution is 2.58. The van der Waals surface area contributed by atoms with E-state index < -0.39 is 22.8 Å². The molecule has 0 fully saturated rings. The summed E-state index contributed by atoms with van der Waals surface area (Å²) in [4.78, 5) is 0. The normalized spacial score (nSPS) is 17.3. The Morgan fingerprint density at radius 3 is 1.92 bits per heavy atom. The smallest absolute Gasteiger partial charge is 0.416 e. The monoisotopic (exact) mass is 640 g/mol. The number of hydrogen-bond acceptors (Lipinski definition) is 3. The fraction of sp³-hybridized carbons (Fsp3) is 0.143. The first kappa shape index (κ1) is 29.9. The van der Waals surface area contributed by atoms with Gasteiger partial charge in [-0.25, -0.2) is 0 Å². The van der Waals surface area contributed by atoms with E-state index >= 15 is 0 Å². The maximum absolute atomic E-state index is 13.9. The van der Waals surface area contributed by atoms with E-state index in [1.165, 1.54) is 12.1 Å². The highest BCUT2D eigenvalue weighted by atomic mass is 19.4. The Hall–Kier alpha value is -5.49. The van der Waals surface area contributed by atoms with Crippen LogP contribution in [-0.2, 0) is 17.2 Å². The highest BCUT2D eigenvalue weighted by Gasteiger charge is 2.45.